The van der Waals surface area contributed by atoms with Gasteiger partial charge in [0.15, 0.2) is 6.54 Å². The second-order valence-electron chi connectivity index (χ2n) is 5.70. The van der Waals surface area contributed by atoms with E-state index in [0.29, 0.717) is 19.1 Å². The fourth-order valence-electron chi connectivity index (χ4n) is 3.03. The summed E-state index contributed by atoms with van der Waals surface area (Å²) in [5, 5.41) is 5.03. The zero-order chi connectivity index (χ0) is 15.4. The molecule has 1 saturated heterocycles. The predicted octanol–water partition coefficient (Wildman–Crippen LogP) is 1.92. The molecule has 0 aliphatic carbocycles. The van der Waals surface area contributed by atoms with Crippen LogP contribution in [0.1, 0.15) is 29.3 Å². The summed E-state index contributed by atoms with van der Waals surface area (Å²) < 4.78 is 12.8. The van der Waals surface area contributed by atoms with E-state index >= 15 is 0 Å². The SMILES string of the molecule is O=C(C[NH+]1CCC[C@H]1c1cccs1)NCc1ccc(F)cc1. The van der Waals surface area contributed by atoms with Crippen molar-refractivity contribution in [2.24, 2.45) is 0 Å². The highest BCUT2D eigenvalue weighted by Crippen LogP contribution is 2.23. The second kappa shape index (κ2) is 7.03. The van der Waals surface area contributed by atoms with Gasteiger partial charge in [-0.05, 0) is 29.1 Å². The van der Waals surface area contributed by atoms with E-state index in [-0.39, 0.29) is 11.7 Å². The standard InChI is InChI=1S/C17H19FN2OS/c18-14-7-5-13(6-8-14)11-19-17(21)12-20-9-1-3-15(20)16-4-2-10-22-16/h2,4-8,10,15H,1,3,9,11-12H2,(H,19,21)/p+1/t15-/m0/s1. The van der Waals surface area contributed by atoms with Crippen molar-refractivity contribution in [3.63, 3.8) is 0 Å². The first-order valence-electron chi connectivity index (χ1n) is 7.61. The van der Waals surface area contributed by atoms with Gasteiger partial charge in [0.05, 0.1) is 11.4 Å². The summed E-state index contributed by atoms with van der Waals surface area (Å²) in [6.45, 7) is 2.01. The molecule has 5 heteroatoms. The molecule has 2 atom stereocenters. The minimum atomic E-state index is -0.254. The lowest BCUT2D eigenvalue weighted by molar-refractivity contribution is -0.910. The molecule has 1 fully saturated rings. The van der Waals surface area contributed by atoms with Crippen LogP contribution in [0.2, 0.25) is 0 Å². The molecule has 1 aromatic heterocycles. The largest absolute Gasteiger partial charge is 0.347 e. The van der Waals surface area contributed by atoms with Crippen molar-refractivity contribution in [3.8, 4) is 0 Å². The van der Waals surface area contributed by atoms with Gasteiger partial charge in [0, 0.05) is 19.4 Å². The number of thiophene rings is 1. The Kier molecular flexibility index (Phi) is 4.85. The van der Waals surface area contributed by atoms with E-state index in [1.807, 2.05) is 0 Å². The van der Waals surface area contributed by atoms with Crippen molar-refractivity contribution in [2.45, 2.75) is 25.4 Å². The lowest BCUT2D eigenvalue weighted by Crippen LogP contribution is -3.11. The molecule has 2 aromatic rings. The van der Waals surface area contributed by atoms with Crippen molar-refractivity contribution < 1.29 is 14.1 Å². The third kappa shape index (κ3) is 3.72. The molecule has 116 valence electrons. The second-order valence-corrected chi connectivity index (χ2v) is 6.68. The van der Waals surface area contributed by atoms with E-state index in [1.165, 1.54) is 28.3 Å². The number of nitrogens with one attached hydrogen (secondary N) is 2. The number of benzene rings is 1. The highest BCUT2D eigenvalue weighted by atomic mass is 32.1. The van der Waals surface area contributed by atoms with E-state index < -0.39 is 0 Å². The normalized spacial score (nSPS) is 21.0. The molecule has 3 nitrogen and oxygen atoms in total. The molecule has 0 bridgehead atoms. The molecule has 3 rings (SSSR count). The lowest BCUT2D eigenvalue weighted by Gasteiger charge is -2.20. The van der Waals surface area contributed by atoms with Crippen LogP contribution in [0.15, 0.2) is 41.8 Å². The van der Waals surface area contributed by atoms with Crippen molar-refractivity contribution in [2.75, 3.05) is 13.1 Å². The van der Waals surface area contributed by atoms with Gasteiger partial charge in [0.2, 0.25) is 0 Å². The monoisotopic (exact) mass is 319 g/mol. The fraction of sp³-hybridized carbons (Fsp3) is 0.353. The van der Waals surface area contributed by atoms with Crippen LogP contribution in [0.5, 0.6) is 0 Å². The number of carbonyl (C=O) groups excluding carboxylic acids is 1. The lowest BCUT2D eigenvalue weighted by atomic mass is 10.2. The maximum Gasteiger partial charge on any atom is 0.275 e. The average Bonchev–Trinajstić information content (AvgIpc) is 3.17. The third-order valence-electron chi connectivity index (χ3n) is 4.16. The maximum absolute atomic E-state index is 12.8. The number of amides is 1. The van der Waals surface area contributed by atoms with Crippen molar-refractivity contribution in [3.05, 3.63) is 58.0 Å². The minimum absolute atomic E-state index is 0.0581. The van der Waals surface area contributed by atoms with Crippen LogP contribution in [0.25, 0.3) is 0 Å². The number of carbonyl (C=O) groups is 1. The minimum Gasteiger partial charge on any atom is -0.347 e. The first kappa shape index (κ1) is 15.2. The van der Waals surface area contributed by atoms with Crippen molar-refractivity contribution in [1.29, 1.82) is 0 Å². The molecule has 1 aromatic carbocycles. The Bertz CT molecular complexity index is 612. The average molecular weight is 319 g/mol. The Labute approximate surface area is 133 Å². The Morgan fingerprint density at radius 3 is 2.86 bits per heavy atom. The van der Waals surface area contributed by atoms with Crippen molar-refractivity contribution in [1.82, 2.24) is 5.32 Å². The molecule has 0 radical (unpaired) electrons. The Morgan fingerprint density at radius 1 is 1.32 bits per heavy atom. The van der Waals surface area contributed by atoms with Crippen LogP contribution in [0.4, 0.5) is 4.39 Å². The van der Waals surface area contributed by atoms with E-state index in [0.717, 1.165) is 18.5 Å². The van der Waals surface area contributed by atoms with E-state index in [2.05, 4.69) is 22.8 Å². The summed E-state index contributed by atoms with van der Waals surface area (Å²) in [7, 11) is 0. The highest BCUT2D eigenvalue weighted by Gasteiger charge is 2.32. The topological polar surface area (TPSA) is 33.5 Å². The van der Waals surface area contributed by atoms with Gasteiger partial charge in [0.1, 0.15) is 11.9 Å². The molecule has 1 amide bonds. The summed E-state index contributed by atoms with van der Waals surface area (Å²) >= 11 is 1.77. The van der Waals surface area contributed by atoms with Gasteiger partial charge >= 0.3 is 0 Å². The quantitative estimate of drug-likeness (QED) is 0.867. The molecule has 2 N–H and O–H groups in total. The summed E-state index contributed by atoms with van der Waals surface area (Å²) in [6.07, 6.45) is 2.32. The van der Waals surface area contributed by atoms with Gasteiger partial charge in [-0.2, -0.15) is 0 Å². The van der Waals surface area contributed by atoms with Crippen LogP contribution in [-0.4, -0.2) is 19.0 Å². The number of hydrogen-bond acceptors (Lipinski definition) is 2. The molecular formula is C17H20FN2OS+. The maximum atomic E-state index is 12.8. The molecule has 0 saturated carbocycles. The molecule has 0 spiro atoms. The predicted molar refractivity (Wildman–Crippen MR) is 85.2 cm³/mol. The van der Waals surface area contributed by atoms with Crippen molar-refractivity contribution >= 4 is 17.2 Å². The Hall–Kier alpha value is -1.72. The van der Waals surface area contributed by atoms with Gasteiger partial charge in [-0.3, -0.25) is 4.79 Å². The fourth-order valence-corrected chi connectivity index (χ4v) is 3.95. The Morgan fingerprint density at radius 2 is 2.14 bits per heavy atom. The van der Waals surface area contributed by atoms with Crippen LogP contribution in [-0.2, 0) is 11.3 Å². The molecule has 2 heterocycles. The van der Waals surface area contributed by atoms with Crippen LogP contribution < -0.4 is 10.2 Å². The van der Waals surface area contributed by atoms with Crippen LogP contribution in [0, 0.1) is 5.82 Å². The number of rotatable bonds is 5. The number of halogens is 1. The van der Waals surface area contributed by atoms with Gasteiger partial charge < -0.3 is 10.2 Å². The first-order valence-corrected chi connectivity index (χ1v) is 8.49. The van der Waals surface area contributed by atoms with Gasteiger partial charge in [-0.25, -0.2) is 4.39 Å². The summed E-state index contributed by atoms with van der Waals surface area (Å²) in [4.78, 5) is 14.9. The van der Waals surface area contributed by atoms with Gasteiger partial charge in [0.25, 0.3) is 5.91 Å². The van der Waals surface area contributed by atoms with Crippen LogP contribution >= 0.6 is 11.3 Å². The number of hydrogen-bond donors (Lipinski definition) is 2. The zero-order valence-corrected chi connectivity index (χ0v) is 13.2. The number of quaternary nitrogens is 1. The molecule has 1 unspecified atom stereocenters. The third-order valence-corrected chi connectivity index (χ3v) is 5.15. The van der Waals surface area contributed by atoms with Gasteiger partial charge in [-0.1, -0.05) is 18.2 Å². The number of likely N-dealkylation sites (tertiary alicyclic amines) is 1. The molecule has 1 aliphatic rings. The summed E-state index contributed by atoms with van der Waals surface area (Å²) in [6, 6.07) is 10.9. The first-order chi connectivity index (χ1) is 10.7. The summed E-state index contributed by atoms with van der Waals surface area (Å²) in [5.41, 5.74) is 0.918. The highest BCUT2D eigenvalue weighted by molar-refractivity contribution is 7.10. The van der Waals surface area contributed by atoms with Gasteiger partial charge in [-0.15, -0.1) is 11.3 Å². The molecular weight excluding hydrogens is 299 g/mol. The zero-order valence-electron chi connectivity index (χ0n) is 12.3. The Balaban J connectivity index is 1.52. The molecule has 22 heavy (non-hydrogen) atoms. The van der Waals surface area contributed by atoms with E-state index in [9.17, 15) is 9.18 Å². The molecule has 1 aliphatic heterocycles. The van der Waals surface area contributed by atoms with E-state index in [1.54, 1.807) is 23.5 Å². The van der Waals surface area contributed by atoms with Crippen LogP contribution in [0.3, 0.4) is 0 Å². The summed E-state index contributed by atoms with van der Waals surface area (Å²) in [5.74, 6) is -0.196. The van der Waals surface area contributed by atoms with E-state index in [4.69, 9.17) is 0 Å². The smallest absolute Gasteiger partial charge is 0.275 e.